The van der Waals surface area contributed by atoms with E-state index in [0.29, 0.717) is 19.7 Å². The minimum absolute atomic E-state index is 0.408. The van der Waals surface area contributed by atoms with Crippen LogP contribution in [0.1, 0.15) is 25.1 Å². The Morgan fingerprint density at radius 3 is 2.70 bits per heavy atom. The van der Waals surface area contributed by atoms with Crippen LogP contribution < -0.4 is 14.8 Å². The summed E-state index contributed by atoms with van der Waals surface area (Å²) in [7, 11) is 1.64. The van der Waals surface area contributed by atoms with Crippen LogP contribution >= 0.6 is 0 Å². The minimum Gasteiger partial charge on any atom is -0.497 e. The first-order valence-electron chi connectivity index (χ1n) is 7.61. The van der Waals surface area contributed by atoms with Gasteiger partial charge in [0.2, 0.25) is 0 Å². The van der Waals surface area contributed by atoms with Gasteiger partial charge >= 0.3 is 0 Å². The highest BCUT2D eigenvalue weighted by Gasteiger charge is 2.13. The largest absolute Gasteiger partial charge is 0.497 e. The minimum atomic E-state index is -0.756. The van der Waals surface area contributed by atoms with Crippen molar-refractivity contribution in [3.63, 3.8) is 0 Å². The number of pyridine rings is 1. The Hall–Kier alpha value is -2.11. The molecule has 0 saturated heterocycles. The third-order valence-electron chi connectivity index (χ3n) is 3.24. The van der Waals surface area contributed by atoms with E-state index in [2.05, 4.69) is 10.3 Å². The number of rotatable bonds is 8. The van der Waals surface area contributed by atoms with E-state index in [4.69, 9.17) is 9.47 Å². The molecular formula is C18H24N2O3. The third-order valence-corrected chi connectivity index (χ3v) is 3.24. The zero-order valence-corrected chi connectivity index (χ0v) is 13.9. The lowest BCUT2D eigenvalue weighted by atomic mass is 10.1. The van der Waals surface area contributed by atoms with Crippen LogP contribution in [0.15, 0.2) is 42.6 Å². The van der Waals surface area contributed by atoms with Crippen LogP contribution in [0, 0.1) is 0 Å². The summed E-state index contributed by atoms with van der Waals surface area (Å²) in [6.45, 7) is 5.02. The van der Waals surface area contributed by atoms with E-state index in [1.54, 1.807) is 27.2 Å². The van der Waals surface area contributed by atoms with Crippen molar-refractivity contribution < 1.29 is 14.6 Å². The lowest BCUT2D eigenvalue weighted by Crippen LogP contribution is -2.34. The van der Waals surface area contributed by atoms with Gasteiger partial charge < -0.3 is 19.9 Å². The molecule has 5 nitrogen and oxygen atoms in total. The summed E-state index contributed by atoms with van der Waals surface area (Å²) in [5.74, 6) is 1.55. The smallest absolute Gasteiger partial charge is 0.130 e. The maximum Gasteiger partial charge on any atom is 0.130 e. The van der Waals surface area contributed by atoms with Crippen molar-refractivity contribution in [1.82, 2.24) is 10.3 Å². The predicted molar refractivity (Wildman–Crippen MR) is 89.6 cm³/mol. The molecule has 0 saturated carbocycles. The highest BCUT2D eigenvalue weighted by atomic mass is 16.5. The molecule has 0 spiro atoms. The normalized spacial score (nSPS) is 11.3. The first-order chi connectivity index (χ1) is 11.0. The molecule has 23 heavy (non-hydrogen) atoms. The molecule has 1 aromatic heterocycles. The Morgan fingerprint density at radius 1 is 1.22 bits per heavy atom. The van der Waals surface area contributed by atoms with Crippen LogP contribution in [-0.4, -0.2) is 29.3 Å². The van der Waals surface area contributed by atoms with E-state index in [1.807, 2.05) is 36.4 Å². The maximum absolute atomic E-state index is 9.79. The Bertz CT molecular complexity index is 609. The fourth-order valence-electron chi connectivity index (χ4n) is 2.10. The second-order valence-electron chi connectivity index (χ2n) is 6.00. The number of aliphatic hydroxyl groups is 1. The summed E-state index contributed by atoms with van der Waals surface area (Å²) in [4.78, 5) is 4.25. The van der Waals surface area contributed by atoms with Crippen LogP contribution in [0.2, 0.25) is 0 Å². The van der Waals surface area contributed by atoms with Gasteiger partial charge in [0.1, 0.15) is 18.1 Å². The quantitative estimate of drug-likeness (QED) is 0.783. The van der Waals surface area contributed by atoms with Crippen molar-refractivity contribution >= 4 is 0 Å². The van der Waals surface area contributed by atoms with Crippen LogP contribution in [0.3, 0.4) is 0 Å². The van der Waals surface area contributed by atoms with E-state index in [1.165, 1.54) is 0 Å². The van der Waals surface area contributed by atoms with Gasteiger partial charge in [0.25, 0.3) is 0 Å². The first kappa shape index (κ1) is 17.2. The van der Waals surface area contributed by atoms with Crippen molar-refractivity contribution in [3.05, 3.63) is 53.9 Å². The molecule has 124 valence electrons. The van der Waals surface area contributed by atoms with Crippen LogP contribution in [-0.2, 0) is 13.2 Å². The predicted octanol–water partition coefficient (Wildman–Crippen LogP) is 2.53. The highest BCUT2D eigenvalue weighted by molar-refractivity contribution is 5.40. The molecule has 0 bridgehead atoms. The molecule has 2 N–H and O–H groups in total. The second kappa shape index (κ2) is 7.94. The molecule has 1 aromatic carbocycles. The molecule has 2 rings (SSSR count). The monoisotopic (exact) mass is 316 g/mol. The SMILES string of the molecule is COc1ccc(OCc2ccccn2)c(CNCC(C)(C)O)c1. The third kappa shape index (κ3) is 5.88. The summed E-state index contributed by atoms with van der Waals surface area (Å²) >= 11 is 0. The molecule has 0 fully saturated rings. The zero-order valence-electron chi connectivity index (χ0n) is 13.9. The van der Waals surface area contributed by atoms with Gasteiger partial charge in [-0.3, -0.25) is 4.98 Å². The van der Waals surface area contributed by atoms with E-state index < -0.39 is 5.60 Å². The molecule has 0 aliphatic heterocycles. The van der Waals surface area contributed by atoms with Crippen LogP contribution in [0.5, 0.6) is 11.5 Å². The average Bonchev–Trinajstić information content (AvgIpc) is 2.53. The van der Waals surface area contributed by atoms with Crippen molar-refractivity contribution in [2.75, 3.05) is 13.7 Å². The number of hydrogen-bond donors (Lipinski definition) is 2. The molecule has 1 heterocycles. The number of aromatic nitrogens is 1. The number of ether oxygens (including phenoxy) is 2. The van der Waals surface area contributed by atoms with E-state index >= 15 is 0 Å². The average molecular weight is 316 g/mol. The van der Waals surface area contributed by atoms with Gasteiger partial charge in [-0.15, -0.1) is 0 Å². The number of nitrogens with zero attached hydrogens (tertiary/aromatic N) is 1. The van der Waals surface area contributed by atoms with Gasteiger partial charge in [0, 0.05) is 24.8 Å². The van der Waals surface area contributed by atoms with Gasteiger partial charge in [0.15, 0.2) is 0 Å². The van der Waals surface area contributed by atoms with Crippen molar-refractivity contribution in [3.8, 4) is 11.5 Å². The Kier molecular flexibility index (Phi) is 5.96. The Balaban J connectivity index is 2.05. The molecule has 5 heteroatoms. The summed E-state index contributed by atoms with van der Waals surface area (Å²) in [5.41, 5.74) is 1.09. The Morgan fingerprint density at radius 2 is 2.04 bits per heavy atom. The summed E-state index contributed by atoms with van der Waals surface area (Å²) in [6, 6.07) is 11.4. The van der Waals surface area contributed by atoms with Gasteiger partial charge in [-0.05, 0) is 44.2 Å². The molecule has 0 radical (unpaired) electrons. The van der Waals surface area contributed by atoms with Crippen molar-refractivity contribution in [1.29, 1.82) is 0 Å². The number of methoxy groups -OCH3 is 1. The lowest BCUT2D eigenvalue weighted by Gasteiger charge is -2.19. The molecule has 0 atom stereocenters. The molecule has 0 aliphatic rings. The number of hydrogen-bond acceptors (Lipinski definition) is 5. The highest BCUT2D eigenvalue weighted by Crippen LogP contribution is 2.25. The summed E-state index contributed by atoms with van der Waals surface area (Å²) < 4.78 is 11.2. The topological polar surface area (TPSA) is 63.6 Å². The summed E-state index contributed by atoms with van der Waals surface area (Å²) in [6.07, 6.45) is 1.75. The fraction of sp³-hybridized carbons (Fsp3) is 0.389. The van der Waals surface area contributed by atoms with Gasteiger partial charge in [-0.2, -0.15) is 0 Å². The van der Waals surface area contributed by atoms with Gasteiger partial charge in [-0.1, -0.05) is 6.07 Å². The first-order valence-corrected chi connectivity index (χ1v) is 7.61. The fourth-order valence-corrected chi connectivity index (χ4v) is 2.10. The summed E-state index contributed by atoms with van der Waals surface area (Å²) in [5, 5.41) is 13.0. The molecule has 2 aromatic rings. The van der Waals surface area contributed by atoms with Crippen molar-refractivity contribution in [2.24, 2.45) is 0 Å². The van der Waals surface area contributed by atoms with E-state index in [0.717, 1.165) is 22.8 Å². The Labute approximate surface area is 137 Å². The maximum atomic E-state index is 9.79. The van der Waals surface area contributed by atoms with Crippen molar-refractivity contribution in [2.45, 2.75) is 32.6 Å². The molecule has 0 unspecified atom stereocenters. The zero-order chi connectivity index (χ0) is 16.7. The number of benzene rings is 1. The standard InChI is InChI=1S/C18H24N2O3/c1-18(2,21)13-19-11-14-10-16(22-3)7-8-17(14)23-12-15-6-4-5-9-20-15/h4-10,19,21H,11-13H2,1-3H3. The van der Waals surface area contributed by atoms with Gasteiger partial charge in [-0.25, -0.2) is 0 Å². The lowest BCUT2D eigenvalue weighted by molar-refractivity contribution is 0.0794. The molecule has 0 amide bonds. The molecular weight excluding hydrogens is 292 g/mol. The van der Waals surface area contributed by atoms with E-state index in [-0.39, 0.29) is 0 Å². The van der Waals surface area contributed by atoms with Gasteiger partial charge in [0.05, 0.1) is 18.4 Å². The van der Waals surface area contributed by atoms with E-state index in [9.17, 15) is 5.11 Å². The van der Waals surface area contributed by atoms with Crippen LogP contribution in [0.4, 0.5) is 0 Å². The second-order valence-corrected chi connectivity index (χ2v) is 6.00. The molecule has 0 aliphatic carbocycles. The number of nitrogens with one attached hydrogen (secondary N) is 1. The van der Waals surface area contributed by atoms with Crippen LogP contribution in [0.25, 0.3) is 0 Å².